The lowest BCUT2D eigenvalue weighted by atomic mass is 10.1. The minimum atomic E-state index is -0.850. The molecular weight excluding hydrogens is 292 g/mol. The van der Waals surface area contributed by atoms with E-state index in [0.29, 0.717) is 11.3 Å². The predicted molar refractivity (Wildman–Crippen MR) is 76.3 cm³/mol. The van der Waals surface area contributed by atoms with Crippen LogP contribution in [0.3, 0.4) is 0 Å². The number of ketones is 1. The molecule has 0 N–H and O–H groups in total. The second kappa shape index (κ2) is 6.00. The van der Waals surface area contributed by atoms with Gasteiger partial charge in [0.05, 0.1) is 15.9 Å². The zero-order valence-electron chi connectivity index (χ0n) is 11.4. The average molecular weight is 302 g/mol. The summed E-state index contributed by atoms with van der Waals surface area (Å²) in [7, 11) is 0. The van der Waals surface area contributed by atoms with Crippen molar-refractivity contribution in [3.63, 3.8) is 0 Å². The van der Waals surface area contributed by atoms with E-state index < -0.39 is 21.2 Å². The molecule has 0 aliphatic heterocycles. The van der Waals surface area contributed by atoms with Gasteiger partial charge in [0.1, 0.15) is 11.5 Å². The van der Waals surface area contributed by atoms with E-state index in [1.165, 1.54) is 19.1 Å². The van der Waals surface area contributed by atoms with Crippen LogP contribution in [-0.4, -0.2) is 15.6 Å². The first-order chi connectivity index (χ1) is 10.4. The van der Waals surface area contributed by atoms with Gasteiger partial charge in [0.25, 0.3) is 0 Å². The Kier molecular flexibility index (Phi) is 4.12. The second-order valence-electron chi connectivity index (χ2n) is 4.35. The molecule has 0 atom stereocenters. The first kappa shape index (κ1) is 15.1. The van der Waals surface area contributed by atoms with Crippen molar-refractivity contribution in [2.75, 3.05) is 0 Å². The molecule has 0 fully saturated rings. The van der Waals surface area contributed by atoms with E-state index in [4.69, 9.17) is 4.74 Å². The molecule has 8 nitrogen and oxygen atoms in total. The van der Waals surface area contributed by atoms with Gasteiger partial charge in [-0.25, -0.2) is 0 Å². The second-order valence-corrected chi connectivity index (χ2v) is 4.35. The van der Waals surface area contributed by atoms with Crippen molar-refractivity contribution in [2.24, 2.45) is 0 Å². The van der Waals surface area contributed by atoms with Gasteiger partial charge in [0, 0.05) is 11.6 Å². The van der Waals surface area contributed by atoms with E-state index in [1.54, 1.807) is 18.2 Å². The molecule has 0 aromatic heterocycles. The minimum Gasteiger partial charge on any atom is -0.457 e. The normalized spacial score (nSPS) is 10.0. The molecule has 22 heavy (non-hydrogen) atoms. The maximum Gasteiger partial charge on any atom is 0.349 e. The van der Waals surface area contributed by atoms with Gasteiger partial charge < -0.3 is 4.74 Å². The standard InChI is InChI=1S/C14H10N2O6/c1-9(17)10-3-2-4-11(7-10)22-12-5-6-13(15(18)19)14(8-12)16(20)21/h2-8H,1H3. The molecular formula is C14H10N2O6. The molecule has 0 heterocycles. The smallest absolute Gasteiger partial charge is 0.349 e. The molecule has 2 rings (SSSR count). The number of nitrogens with zero attached hydrogens (tertiary/aromatic N) is 2. The number of nitro groups is 2. The first-order valence-corrected chi connectivity index (χ1v) is 6.10. The number of hydrogen-bond acceptors (Lipinski definition) is 6. The summed E-state index contributed by atoms with van der Waals surface area (Å²) >= 11 is 0. The van der Waals surface area contributed by atoms with Crippen molar-refractivity contribution in [1.82, 2.24) is 0 Å². The SMILES string of the molecule is CC(=O)c1cccc(Oc2ccc([N+](=O)[O-])c([N+](=O)[O-])c2)c1. The molecule has 0 saturated carbocycles. The number of ether oxygens (including phenoxy) is 1. The average Bonchev–Trinajstić information content (AvgIpc) is 2.47. The number of benzene rings is 2. The third-order valence-corrected chi connectivity index (χ3v) is 2.82. The van der Waals surface area contributed by atoms with E-state index in [-0.39, 0.29) is 11.5 Å². The highest BCUT2D eigenvalue weighted by Gasteiger charge is 2.24. The third kappa shape index (κ3) is 3.23. The Morgan fingerprint density at radius 2 is 1.59 bits per heavy atom. The highest BCUT2D eigenvalue weighted by molar-refractivity contribution is 5.94. The van der Waals surface area contributed by atoms with Crippen LogP contribution in [0.2, 0.25) is 0 Å². The summed E-state index contributed by atoms with van der Waals surface area (Å²) in [5, 5.41) is 21.6. The number of carbonyl (C=O) groups excluding carboxylic acids is 1. The molecule has 0 spiro atoms. The monoisotopic (exact) mass is 302 g/mol. The molecule has 0 bridgehead atoms. The van der Waals surface area contributed by atoms with Crippen molar-refractivity contribution in [3.05, 3.63) is 68.3 Å². The van der Waals surface area contributed by atoms with Crippen molar-refractivity contribution in [3.8, 4) is 11.5 Å². The molecule has 0 amide bonds. The summed E-state index contributed by atoms with van der Waals surface area (Å²) in [4.78, 5) is 31.2. The van der Waals surface area contributed by atoms with Gasteiger partial charge in [0.15, 0.2) is 5.78 Å². The number of carbonyl (C=O) groups is 1. The maximum absolute atomic E-state index is 11.3. The summed E-state index contributed by atoms with van der Waals surface area (Å²) in [6.07, 6.45) is 0. The molecule has 0 aliphatic rings. The van der Waals surface area contributed by atoms with Gasteiger partial charge in [0.2, 0.25) is 0 Å². The Labute approximate surface area is 124 Å². The molecule has 0 radical (unpaired) electrons. The number of rotatable bonds is 5. The van der Waals surface area contributed by atoms with Crippen LogP contribution >= 0.6 is 0 Å². The third-order valence-electron chi connectivity index (χ3n) is 2.82. The minimum absolute atomic E-state index is 0.0676. The Balaban J connectivity index is 2.36. The van der Waals surface area contributed by atoms with Crippen LogP contribution in [-0.2, 0) is 0 Å². The highest BCUT2D eigenvalue weighted by Crippen LogP contribution is 2.32. The molecule has 0 aliphatic carbocycles. The fourth-order valence-corrected chi connectivity index (χ4v) is 1.78. The maximum atomic E-state index is 11.3. The molecule has 2 aromatic carbocycles. The largest absolute Gasteiger partial charge is 0.457 e. The van der Waals surface area contributed by atoms with E-state index in [0.717, 1.165) is 12.1 Å². The van der Waals surface area contributed by atoms with Gasteiger partial charge in [-0.1, -0.05) is 12.1 Å². The Hall–Kier alpha value is -3.29. The Morgan fingerprint density at radius 1 is 0.955 bits per heavy atom. The topological polar surface area (TPSA) is 113 Å². The summed E-state index contributed by atoms with van der Waals surface area (Å²) in [5.74, 6) is 0.217. The zero-order chi connectivity index (χ0) is 16.3. The van der Waals surface area contributed by atoms with Gasteiger partial charge in [-0.3, -0.25) is 25.0 Å². The summed E-state index contributed by atoms with van der Waals surface area (Å²) in [6.45, 7) is 1.40. The zero-order valence-corrected chi connectivity index (χ0v) is 11.4. The van der Waals surface area contributed by atoms with Crippen LogP contribution in [0.4, 0.5) is 11.4 Å². The highest BCUT2D eigenvalue weighted by atomic mass is 16.6. The lowest BCUT2D eigenvalue weighted by molar-refractivity contribution is -0.422. The van der Waals surface area contributed by atoms with Crippen LogP contribution in [0.5, 0.6) is 11.5 Å². The summed E-state index contributed by atoms with van der Waals surface area (Å²) in [6, 6.07) is 9.49. The lowest BCUT2D eigenvalue weighted by Crippen LogP contribution is -1.97. The van der Waals surface area contributed by atoms with E-state index in [2.05, 4.69) is 0 Å². The fraction of sp³-hybridized carbons (Fsp3) is 0.0714. The van der Waals surface area contributed by atoms with Crippen molar-refractivity contribution in [1.29, 1.82) is 0 Å². The van der Waals surface area contributed by atoms with Crippen molar-refractivity contribution < 1.29 is 19.4 Å². The van der Waals surface area contributed by atoms with Crippen LogP contribution < -0.4 is 4.74 Å². The van der Waals surface area contributed by atoms with Gasteiger partial charge in [-0.05, 0) is 25.1 Å². The quantitative estimate of drug-likeness (QED) is 0.474. The van der Waals surface area contributed by atoms with E-state index in [9.17, 15) is 25.0 Å². The summed E-state index contributed by atoms with van der Waals surface area (Å²) < 4.78 is 5.42. The number of nitro benzene ring substituents is 2. The molecule has 2 aromatic rings. The molecule has 0 saturated heterocycles. The molecule has 8 heteroatoms. The van der Waals surface area contributed by atoms with E-state index >= 15 is 0 Å². The fourth-order valence-electron chi connectivity index (χ4n) is 1.78. The van der Waals surface area contributed by atoms with Crippen LogP contribution in [0.1, 0.15) is 17.3 Å². The number of hydrogen-bond donors (Lipinski definition) is 0. The van der Waals surface area contributed by atoms with Crippen molar-refractivity contribution in [2.45, 2.75) is 6.92 Å². The van der Waals surface area contributed by atoms with Crippen LogP contribution in [0.15, 0.2) is 42.5 Å². The van der Waals surface area contributed by atoms with Gasteiger partial charge in [-0.15, -0.1) is 0 Å². The van der Waals surface area contributed by atoms with Crippen molar-refractivity contribution >= 4 is 17.2 Å². The van der Waals surface area contributed by atoms with Gasteiger partial charge >= 0.3 is 11.4 Å². The lowest BCUT2D eigenvalue weighted by Gasteiger charge is -2.06. The Bertz CT molecular complexity index is 772. The van der Waals surface area contributed by atoms with Crippen LogP contribution in [0.25, 0.3) is 0 Å². The van der Waals surface area contributed by atoms with Gasteiger partial charge in [-0.2, -0.15) is 0 Å². The predicted octanol–water partition coefficient (Wildman–Crippen LogP) is 3.50. The number of Topliss-reactive ketones (excluding diaryl/α,β-unsaturated/α-hetero) is 1. The van der Waals surface area contributed by atoms with Crippen LogP contribution in [0, 0.1) is 20.2 Å². The molecule has 112 valence electrons. The Morgan fingerprint density at radius 3 is 2.18 bits per heavy atom. The first-order valence-electron chi connectivity index (χ1n) is 6.10. The molecule has 0 unspecified atom stereocenters. The van der Waals surface area contributed by atoms with E-state index in [1.807, 2.05) is 0 Å². The summed E-state index contributed by atoms with van der Waals surface area (Å²) in [5.41, 5.74) is -0.853.